The van der Waals surface area contributed by atoms with Gasteiger partial charge >= 0.3 is 0 Å². The van der Waals surface area contributed by atoms with E-state index < -0.39 is 0 Å². The first-order valence-corrected chi connectivity index (χ1v) is 2.90. The Hall–Kier alpha value is -0.0400. The summed E-state index contributed by atoms with van der Waals surface area (Å²) >= 11 is 0. The summed E-state index contributed by atoms with van der Waals surface area (Å²) < 4.78 is 0. The number of nitrogens with zero attached hydrogens (tertiary/aromatic N) is 1. The molecule has 0 aromatic heterocycles. The van der Waals surface area contributed by atoms with Crippen molar-refractivity contribution in [2.24, 2.45) is 0 Å². The van der Waals surface area contributed by atoms with Gasteiger partial charge in [0.25, 0.3) is 0 Å². The minimum Gasteiger partial charge on any atom is -0.306 e. The Morgan fingerprint density at radius 1 is 1.57 bits per heavy atom. The largest absolute Gasteiger partial charge is 0.306 e. The Balaban J connectivity index is 2.12. The lowest BCUT2D eigenvalue weighted by Crippen LogP contribution is -2.25. The minimum absolute atomic E-state index is 1.19. The highest BCUT2D eigenvalue weighted by atomic mass is 15.1. The summed E-state index contributed by atoms with van der Waals surface area (Å²) in [6, 6.07) is 0. The fraction of sp³-hybridized carbons (Fsp3) is 0.833. The summed E-state index contributed by atoms with van der Waals surface area (Å²) in [6.07, 6.45) is 5.02. The van der Waals surface area contributed by atoms with Crippen LogP contribution in [0, 0.1) is 6.42 Å². The van der Waals surface area contributed by atoms with Gasteiger partial charge in [-0.2, -0.15) is 0 Å². The third kappa shape index (κ3) is 1.48. The molecule has 1 nitrogen and oxygen atoms in total. The van der Waals surface area contributed by atoms with Crippen LogP contribution in [0.15, 0.2) is 0 Å². The molecule has 1 aliphatic heterocycles. The molecule has 41 valence electrons. The molecule has 0 bridgehead atoms. The summed E-state index contributed by atoms with van der Waals surface area (Å²) in [6.45, 7) is 2.48. The number of likely N-dealkylation sites (tertiary alicyclic amines) is 1. The number of piperidine rings is 1. The van der Waals surface area contributed by atoms with Gasteiger partial charge in [0.15, 0.2) is 0 Å². The van der Waals surface area contributed by atoms with Crippen LogP contribution in [0.2, 0.25) is 0 Å². The molecular formula is C6H12N. The number of rotatable bonds is 0. The molecule has 0 aliphatic carbocycles. The van der Waals surface area contributed by atoms with Gasteiger partial charge in [0.05, 0.1) is 0 Å². The monoisotopic (exact) mass is 98.1 g/mol. The Morgan fingerprint density at radius 2 is 2.43 bits per heavy atom. The lowest BCUT2D eigenvalue weighted by atomic mass is 10.1. The van der Waals surface area contributed by atoms with Gasteiger partial charge in [0.1, 0.15) is 0 Å². The van der Waals surface area contributed by atoms with E-state index in [4.69, 9.17) is 0 Å². The maximum Gasteiger partial charge on any atom is 0.000974 e. The normalized spacial score (nSPS) is 25.3. The van der Waals surface area contributed by atoms with E-state index in [9.17, 15) is 0 Å². The second kappa shape index (κ2) is 2.31. The second-order valence-electron chi connectivity index (χ2n) is 2.19. The Kier molecular flexibility index (Phi) is 1.69. The molecule has 0 saturated carbocycles. The highest BCUT2D eigenvalue weighted by Crippen LogP contribution is 2.03. The highest BCUT2D eigenvalue weighted by molar-refractivity contribution is 4.74. The van der Waals surface area contributed by atoms with Gasteiger partial charge < -0.3 is 4.90 Å². The maximum absolute atomic E-state index is 2.34. The van der Waals surface area contributed by atoms with Crippen LogP contribution in [0.1, 0.15) is 12.8 Å². The molecule has 1 fully saturated rings. The van der Waals surface area contributed by atoms with Gasteiger partial charge in [-0.3, -0.25) is 0 Å². The molecule has 0 atom stereocenters. The molecule has 1 aliphatic rings. The zero-order chi connectivity index (χ0) is 5.11. The quantitative estimate of drug-likeness (QED) is 0.435. The molecule has 0 aromatic rings. The molecular weight excluding hydrogens is 86.1 g/mol. The molecule has 7 heavy (non-hydrogen) atoms. The van der Waals surface area contributed by atoms with Gasteiger partial charge in [0.2, 0.25) is 0 Å². The van der Waals surface area contributed by atoms with Gasteiger partial charge in [-0.1, -0.05) is 0 Å². The summed E-state index contributed by atoms with van der Waals surface area (Å²) in [7, 11) is 2.16. The van der Waals surface area contributed by atoms with Crippen LogP contribution in [0.4, 0.5) is 0 Å². The zero-order valence-corrected chi connectivity index (χ0v) is 4.85. The van der Waals surface area contributed by atoms with E-state index in [0.717, 1.165) is 0 Å². The number of hydrogen-bond donors (Lipinski definition) is 0. The number of hydrogen-bond acceptors (Lipinski definition) is 1. The van der Waals surface area contributed by atoms with Crippen molar-refractivity contribution in [3.05, 3.63) is 6.42 Å². The van der Waals surface area contributed by atoms with Crippen LogP contribution in [0.5, 0.6) is 0 Å². The fourth-order valence-electron chi connectivity index (χ4n) is 0.909. The Labute approximate surface area is 45.3 Å². The van der Waals surface area contributed by atoms with Crippen molar-refractivity contribution in [3.63, 3.8) is 0 Å². The SMILES string of the molecule is CN1C[CH]CCC1. The highest BCUT2D eigenvalue weighted by Gasteiger charge is 2.02. The van der Waals surface area contributed by atoms with E-state index in [-0.39, 0.29) is 0 Å². The van der Waals surface area contributed by atoms with E-state index >= 15 is 0 Å². The molecule has 1 heteroatoms. The van der Waals surface area contributed by atoms with Crippen LogP contribution >= 0.6 is 0 Å². The first-order valence-electron chi connectivity index (χ1n) is 2.90. The van der Waals surface area contributed by atoms with Crippen LogP contribution in [0.25, 0.3) is 0 Å². The predicted octanol–water partition coefficient (Wildman–Crippen LogP) is 0.916. The summed E-state index contributed by atoms with van der Waals surface area (Å²) in [5.74, 6) is 0. The first kappa shape index (κ1) is 5.10. The van der Waals surface area contributed by atoms with Gasteiger partial charge in [-0.05, 0) is 32.9 Å². The lowest BCUT2D eigenvalue weighted by Gasteiger charge is -2.20. The Morgan fingerprint density at radius 3 is 2.71 bits per heavy atom. The average Bonchev–Trinajstić information content (AvgIpc) is 1.69. The van der Waals surface area contributed by atoms with Crippen molar-refractivity contribution in [2.75, 3.05) is 20.1 Å². The summed E-state index contributed by atoms with van der Waals surface area (Å²) in [5.41, 5.74) is 0. The van der Waals surface area contributed by atoms with Crippen LogP contribution in [-0.2, 0) is 0 Å². The van der Waals surface area contributed by atoms with Crippen LogP contribution < -0.4 is 0 Å². The minimum atomic E-state index is 1.19. The molecule has 0 N–H and O–H groups in total. The standard InChI is InChI=1S/C6H12N/c1-7-5-3-2-4-6-7/h3H,2,4-6H2,1H3. The fourth-order valence-corrected chi connectivity index (χ4v) is 0.909. The molecule has 0 spiro atoms. The van der Waals surface area contributed by atoms with Crippen molar-refractivity contribution in [1.82, 2.24) is 4.90 Å². The van der Waals surface area contributed by atoms with E-state index in [0.29, 0.717) is 0 Å². The Bertz CT molecular complexity index is 46.1. The molecule has 1 saturated heterocycles. The predicted molar refractivity (Wildman–Crippen MR) is 31.0 cm³/mol. The second-order valence-corrected chi connectivity index (χ2v) is 2.19. The van der Waals surface area contributed by atoms with Crippen molar-refractivity contribution in [3.8, 4) is 0 Å². The molecule has 0 amide bonds. The average molecular weight is 98.2 g/mol. The first-order chi connectivity index (χ1) is 3.39. The smallest absolute Gasteiger partial charge is 0.000974 e. The van der Waals surface area contributed by atoms with E-state index in [1.165, 1.54) is 25.9 Å². The third-order valence-corrected chi connectivity index (χ3v) is 1.39. The molecule has 1 heterocycles. The van der Waals surface area contributed by atoms with Gasteiger partial charge in [0, 0.05) is 6.54 Å². The summed E-state index contributed by atoms with van der Waals surface area (Å²) in [5, 5.41) is 0. The van der Waals surface area contributed by atoms with Crippen molar-refractivity contribution in [2.45, 2.75) is 12.8 Å². The van der Waals surface area contributed by atoms with Crippen LogP contribution in [0.3, 0.4) is 0 Å². The van der Waals surface area contributed by atoms with Crippen molar-refractivity contribution >= 4 is 0 Å². The molecule has 0 unspecified atom stereocenters. The topological polar surface area (TPSA) is 3.24 Å². The molecule has 1 radical (unpaired) electrons. The van der Waals surface area contributed by atoms with Gasteiger partial charge in [-0.15, -0.1) is 0 Å². The lowest BCUT2D eigenvalue weighted by molar-refractivity contribution is 0.319. The third-order valence-electron chi connectivity index (χ3n) is 1.39. The van der Waals surface area contributed by atoms with Gasteiger partial charge in [-0.25, -0.2) is 0 Å². The summed E-state index contributed by atoms with van der Waals surface area (Å²) in [4.78, 5) is 2.34. The van der Waals surface area contributed by atoms with E-state index in [1.54, 1.807) is 0 Å². The maximum atomic E-state index is 2.34. The van der Waals surface area contributed by atoms with Crippen LogP contribution in [-0.4, -0.2) is 25.0 Å². The van der Waals surface area contributed by atoms with E-state index in [2.05, 4.69) is 18.4 Å². The molecule has 1 rings (SSSR count). The van der Waals surface area contributed by atoms with E-state index in [1.807, 2.05) is 0 Å². The zero-order valence-electron chi connectivity index (χ0n) is 4.85. The van der Waals surface area contributed by atoms with Crippen molar-refractivity contribution < 1.29 is 0 Å². The van der Waals surface area contributed by atoms with Crippen molar-refractivity contribution in [1.29, 1.82) is 0 Å². The molecule has 0 aromatic carbocycles.